The molecule has 1 nitrogen and oxygen atoms in total. The summed E-state index contributed by atoms with van der Waals surface area (Å²) < 4.78 is 48.9. The Morgan fingerprint density at radius 3 is 2.23 bits per heavy atom. The van der Waals surface area contributed by atoms with Gasteiger partial charge in [-0.1, -0.05) is 6.07 Å². The van der Waals surface area contributed by atoms with Gasteiger partial charge in [0.05, 0.1) is 0 Å². The van der Waals surface area contributed by atoms with Gasteiger partial charge >= 0.3 is 6.18 Å². The Morgan fingerprint density at radius 2 is 1.77 bits per heavy atom. The Kier molecular flexibility index (Phi) is 2.19. The third kappa shape index (κ3) is 1.74. The van der Waals surface area contributed by atoms with Gasteiger partial charge in [-0.3, -0.25) is 0 Å². The molecule has 0 atom stereocenters. The molecule has 0 aliphatic carbocycles. The molecule has 0 heterocycles. The first-order valence-corrected chi connectivity index (χ1v) is 3.39. The van der Waals surface area contributed by atoms with E-state index in [0.29, 0.717) is 6.07 Å². The van der Waals surface area contributed by atoms with E-state index in [4.69, 9.17) is 5.11 Å². The van der Waals surface area contributed by atoms with Gasteiger partial charge in [-0.25, -0.2) is 4.39 Å². The van der Waals surface area contributed by atoms with E-state index in [2.05, 4.69) is 0 Å². The van der Waals surface area contributed by atoms with Crippen molar-refractivity contribution in [1.82, 2.24) is 0 Å². The van der Waals surface area contributed by atoms with E-state index in [9.17, 15) is 17.6 Å². The molecule has 1 aromatic carbocycles. The zero-order chi connectivity index (χ0) is 10.2. The average Bonchev–Trinajstić information content (AvgIpc) is 1.98. The van der Waals surface area contributed by atoms with Crippen LogP contribution in [-0.2, 0) is 6.18 Å². The lowest BCUT2D eigenvalue weighted by molar-refractivity contribution is -0.139. The van der Waals surface area contributed by atoms with Crippen LogP contribution in [-0.4, -0.2) is 5.11 Å². The highest BCUT2D eigenvalue weighted by molar-refractivity contribution is 5.39. The minimum Gasteiger partial charge on any atom is -0.504 e. The fraction of sp³-hybridized carbons (Fsp3) is 0.250. The second kappa shape index (κ2) is 2.90. The van der Waals surface area contributed by atoms with Gasteiger partial charge in [-0.15, -0.1) is 0 Å². The maximum atomic E-state index is 12.8. The Bertz CT molecular complexity index is 330. The van der Waals surface area contributed by atoms with E-state index in [1.165, 1.54) is 6.92 Å². The van der Waals surface area contributed by atoms with E-state index in [-0.39, 0.29) is 5.56 Å². The van der Waals surface area contributed by atoms with Crippen LogP contribution in [0.3, 0.4) is 0 Å². The molecule has 13 heavy (non-hydrogen) atoms. The fourth-order valence-corrected chi connectivity index (χ4v) is 0.894. The topological polar surface area (TPSA) is 20.2 Å². The highest BCUT2D eigenvalue weighted by Gasteiger charge is 2.35. The van der Waals surface area contributed by atoms with Crippen molar-refractivity contribution < 1.29 is 22.7 Å². The third-order valence-corrected chi connectivity index (χ3v) is 1.61. The standard InChI is InChI=1S/C8H6F4O/c1-4-2-3-5(8(10,11)12)7(13)6(4)9/h2-3,13H,1H3. The van der Waals surface area contributed by atoms with E-state index in [1.54, 1.807) is 0 Å². The Morgan fingerprint density at radius 1 is 1.23 bits per heavy atom. The largest absolute Gasteiger partial charge is 0.504 e. The summed E-state index contributed by atoms with van der Waals surface area (Å²) in [7, 11) is 0. The van der Waals surface area contributed by atoms with Crippen LogP contribution < -0.4 is 0 Å². The van der Waals surface area contributed by atoms with Gasteiger partial charge < -0.3 is 5.11 Å². The number of rotatable bonds is 0. The van der Waals surface area contributed by atoms with Crippen LogP contribution in [0.5, 0.6) is 5.75 Å². The van der Waals surface area contributed by atoms with Crippen molar-refractivity contribution in [2.45, 2.75) is 13.1 Å². The highest BCUT2D eigenvalue weighted by Crippen LogP contribution is 2.37. The van der Waals surface area contributed by atoms with E-state index < -0.39 is 23.3 Å². The van der Waals surface area contributed by atoms with Crippen LogP contribution in [0.15, 0.2) is 12.1 Å². The molecule has 0 bridgehead atoms. The molecule has 5 heteroatoms. The van der Waals surface area contributed by atoms with E-state index >= 15 is 0 Å². The first-order valence-electron chi connectivity index (χ1n) is 3.39. The molecule has 0 aliphatic rings. The monoisotopic (exact) mass is 194 g/mol. The molecule has 1 N–H and O–H groups in total. The van der Waals surface area contributed by atoms with Gasteiger partial charge in [0.2, 0.25) is 0 Å². The molecule has 0 radical (unpaired) electrons. The quantitative estimate of drug-likeness (QED) is 0.629. The maximum absolute atomic E-state index is 12.8. The summed E-state index contributed by atoms with van der Waals surface area (Å²) in [4.78, 5) is 0. The second-order valence-electron chi connectivity index (χ2n) is 2.59. The molecule has 0 spiro atoms. The minimum atomic E-state index is -4.72. The summed E-state index contributed by atoms with van der Waals surface area (Å²) in [5, 5.41) is 8.82. The third-order valence-electron chi connectivity index (χ3n) is 1.61. The number of hydrogen-bond donors (Lipinski definition) is 1. The number of aryl methyl sites for hydroxylation is 1. The summed E-state index contributed by atoms with van der Waals surface area (Å²) in [6.07, 6.45) is -4.72. The Labute approximate surface area is 71.6 Å². The van der Waals surface area contributed by atoms with Crippen LogP contribution >= 0.6 is 0 Å². The number of phenols is 1. The van der Waals surface area contributed by atoms with Gasteiger partial charge in [0.25, 0.3) is 0 Å². The fourth-order valence-electron chi connectivity index (χ4n) is 0.894. The molecule has 1 rings (SSSR count). The van der Waals surface area contributed by atoms with Crippen molar-refractivity contribution in [3.8, 4) is 5.75 Å². The number of phenolic OH excluding ortho intramolecular Hbond substituents is 1. The van der Waals surface area contributed by atoms with Gasteiger partial charge in [-0.2, -0.15) is 13.2 Å². The first kappa shape index (κ1) is 9.83. The second-order valence-corrected chi connectivity index (χ2v) is 2.59. The SMILES string of the molecule is Cc1ccc(C(F)(F)F)c(O)c1F. The number of halogens is 4. The molecular formula is C8H6F4O. The lowest BCUT2D eigenvalue weighted by Gasteiger charge is -2.09. The van der Waals surface area contributed by atoms with Crippen LogP contribution in [0, 0.1) is 12.7 Å². The van der Waals surface area contributed by atoms with Crippen molar-refractivity contribution in [3.05, 3.63) is 29.1 Å². The van der Waals surface area contributed by atoms with Gasteiger partial charge in [0.15, 0.2) is 11.6 Å². The van der Waals surface area contributed by atoms with E-state index in [0.717, 1.165) is 6.07 Å². The zero-order valence-electron chi connectivity index (χ0n) is 6.61. The Hall–Kier alpha value is -1.26. The van der Waals surface area contributed by atoms with Crippen molar-refractivity contribution in [1.29, 1.82) is 0 Å². The number of alkyl halides is 3. The molecule has 0 fully saturated rings. The molecule has 0 amide bonds. The van der Waals surface area contributed by atoms with Gasteiger partial charge in [0.1, 0.15) is 5.56 Å². The summed E-state index contributed by atoms with van der Waals surface area (Å²) in [6, 6.07) is 1.62. The lowest BCUT2D eigenvalue weighted by atomic mass is 10.1. The van der Waals surface area contributed by atoms with Crippen LogP contribution in [0.25, 0.3) is 0 Å². The Balaban J connectivity index is 3.35. The molecule has 0 aliphatic heterocycles. The van der Waals surface area contributed by atoms with Crippen molar-refractivity contribution in [2.24, 2.45) is 0 Å². The summed E-state index contributed by atoms with van der Waals surface area (Å²) in [6.45, 7) is 1.27. The van der Waals surface area contributed by atoms with Crippen LogP contribution in [0.1, 0.15) is 11.1 Å². The van der Waals surface area contributed by atoms with Crippen LogP contribution in [0.4, 0.5) is 17.6 Å². The maximum Gasteiger partial charge on any atom is 0.420 e. The van der Waals surface area contributed by atoms with Crippen LogP contribution in [0.2, 0.25) is 0 Å². The van der Waals surface area contributed by atoms with Crippen molar-refractivity contribution in [2.75, 3.05) is 0 Å². The lowest BCUT2D eigenvalue weighted by Crippen LogP contribution is -2.06. The molecule has 0 saturated carbocycles. The highest BCUT2D eigenvalue weighted by atomic mass is 19.4. The molecular weight excluding hydrogens is 188 g/mol. The predicted molar refractivity (Wildman–Crippen MR) is 37.8 cm³/mol. The number of hydrogen-bond acceptors (Lipinski definition) is 1. The number of benzene rings is 1. The molecule has 1 aromatic rings. The summed E-state index contributed by atoms with van der Waals surface area (Å²) in [5.74, 6) is -2.57. The normalized spacial score (nSPS) is 11.8. The first-order chi connectivity index (χ1) is 5.84. The molecule has 0 aromatic heterocycles. The van der Waals surface area contributed by atoms with Gasteiger partial charge in [0, 0.05) is 0 Å². The molecule has 0 saturated heterocycles. The smallest absolute Gasteiger partial charge is 0.420 e. The molecule has 72 valence electrons. The van der Waals surface area contributed by atoms with Crippen molar-refractivity contribution in [3.63, 3.8) is 0 Å². The predicted octanol–water partition coefficient (Wildman–Crippen LogP) is 2.86. The van der Waals surface area contributed by atoms with E-state index in [1.807, 2.05) is 0 Å². The number of aromatic hydroxyl groups is 1. The summed E-state index contributed by atoms with van der Waals surface area (Å²) >= 11 is 0. The minimum absolute atomic E-state index is 0.0227. The zero-order valence-corrected chi connectivity index (χ0v) is 6.61. The van der Waals surface area contributed by atoms with Crippen molar-refractivity contribution >= 4 is 0 Å². The summed E-state index contributed by atoms with van der Waals surface area (Å²) in [5.41, 5.74) is -1.37. The average molecular weight is 194 g/mol. The van der Waals surface area contributed by atoms with Gasteiger partial charge in [-0.05, 0) is 18.6 Å². The molecule has 0 unspecified atom stereocenters.